The predicted octanol–water partition coefficient (Wildman–Crippen LogP) is 2.21. The first-order valence-corrected chi connectivity index (χ1v) is 6.67. The lowest BCUT2D eigenvalue weighted by atomic mass is 10.2. The number of halogens is 1. The van der Waals surface area contributed by atoms with E-state index in [1.165, 1.54) is 5.56 Å². The van der Waals surface area contributed by atoms with Crippen LogP contribution in [0.4, 0.5) is 5.69 Å². The van der Waals surface area contributed by atoms with Gasteiger partial charge in [-0.15, -0.1) is 30.6 Å². The Morgan fingerprint density at radius 1 is 1.29 bits per heavy atom. The van der Waals surface area contributed by atoms with Crippen LogP contribution in [0.2, 0.25) is 0 Å². The summed E-state index contributed by atoms with van der Waals surface area (Å²) in [6, 6.07) is 8.30. The first-order chi connectivity index (χ1) is 9.80. The van der Waals surface area contributed by atoms with Crippen LogP contribution in [-0.4, -0.2) is 39.8 Å². The minimum Gasteiger partial charge on any atom is -0.383 e. The van der Waals surface area contributed by atoms with E-state index in [-0.39, 0.29) is 24.0 Å². The number of aliphatic imine (C=N–C) groups is 1. The minimum atomic E-state index is 0. The topological polar surface area (TPSA) is 57.7 Å². The Morgan fingerprint density at radius 2 is 2.00 bits per heavy atom. The molecule has 1 aromatic carbocycles. The second kappa shape index (κ2) is 12.5. The van der Waals surface area contributed by atoms with E-state index in [2.05, 4.69) is 51.8 Å². The van der Waals surface area contributed by atoms with Gasteiger partial charge in [-0.3, -0.25) is 4.99 Å². The van der Waals surface area contributed by atoms with Crippen LogP contribution in [0.15, 0.2) is 41.9 Å². The van der Waals surface area contributed by atoms with Crippen LogP contribution in [0.3, 0.4) is 0 Å². The highest BCUT2D eigenvalue weighted by molar-refractivity contribution is 14.0. The molecule has 1 rings (SSSR count). The summed E-state index contributed by atoms with van der Waals surface area (Å²) in [4.78, 5) is 4.13. The Morgan fingerprint density at radius 3 is 2.57 bits per heavy atom. The first-order valence-electron chi connectivity index (χ1n) is 6.67. The van der Waals surface area contributed by atoms with Crippen molar-refractivity contribution in [3.05, 3.63) is 42.5 Å². The fourth-order valence-corrected chi connectivity index (χ4v) is 1.61. The molecule has 0 bridgehead atoms. The van der Waals surface area contributed by atoms with Crippen molar-refractivity contribution in [1.29, 1.82) is 0 Å². The molecule has 0 amide bonds. The zero-order valence-electron chi connectivity index (χ0n) is 12.7. The monoisotopic (exact) mass is 404 g/mol. The van der Waals surface area contributed by atoms with Crippen molar-refractivity contribution in [1.82, 2.24) is 10.6 Å². The molecule has 0 saturated heterocycles. The van der Waals surface area contributed by atoms with Crippen LogP contribution in [-0.2, 0) is 11.3 Å². The summed E-state index contributed by atoms with van der Waals surface area (Å²) < 4.78 is 5.00. The van der Waals surface area contributed by atoms with E-state index >= 15 is 0 Å². The van der Waals surface area contributed by atoms with Crippen LogP contribution in [0.1, 0.15) is 5.56 Å². The molecule has 0 aromatic heterocycles. The van der Waals surface area contributed by atoms with Gasteiger partial charge in [0, 0.05) is 39.5 Å². The van der Waals surface area contributed by atoms with Gasteiger partial charge in [0.25, 0.3) is 0 Å². The van der Waals surface area contributed by atoms with Crippen molar-refractivity contribution in [2.24, 2.45) is 4.99 Å². The molecule has 0 spiro atoms. The molecule has 0 aliphatic rings. The van der Waals surface area contributed by atoms with Crippen molar-refractivity contribution in [3.63, 3.8) is 0 Å². The van der Waals surface area contributed by atoms with Crippen molar-refractivity contribution in [2.45, 2.75) is 6.54 Å². The van der Waals surface area contributed by atoms with E-state index in [4.69, 9.17) is 4.74 Å². The van der Waals surface area contributed by atoms with Crippen LogP contribution in [0.25, 0.3) is 0 Å². The van der Waals surface area contributed by atoms with Gasteiger partial charge in [-0.1, -0.05) is 18.2 Å². The minimum absolute atomic E-state index is 0. The number of anilines is 1. The van der Waals surface area contributed by atoms with Gasteiger partial charge in [-0.2, -0.15) is 0 Å². The normalized spacial score (nSPS) is 10.5. The molecule has 21 heavy (non-hydrogen) atoms. The zero-order valence-corrected chi connectivity index (χ0v) is 15.0. The smallest absolute Gasteiger partial charge is 0.191 e. The summed E-state index contributed by atoms with van der Waals surface area (Å²) in [7, 11) is 3.45. The van der Waals surface area contributed by atoms with E-state index in [0.717, 1.165) is 24.7 Å². The fourth-order valence-electron chi connectivity index (χ4n) is 1.61. The molecule has 0 fully saturated rings. The molecule has 0 aliphatic heterocycles. The second-order valence-corrected chi connectivity index (χ2v) is 4.21. The number of hydrogen-bond acceptors (Lipinski definition) is 3. The van der Waals surface area contributed by atoms with E-state index < -0.39 is 0 Å². The standard InChI is InChI=1S/C15H24N4O.HI/c1-4-9-18-15(16-2)19-12-13-5-7-14(8-6-13)17-10-11-20-3;/h4-8,17H,1,9-12H2,2-3H3,(H2,16,18,19);1H. The molecular formula is C15H25IN4O. The van der Waals surface area contributed by atoms with E-state index in [1.807, 2.05) is 0 Å². The van der Waals surface area contributed by atoms with Crippen LogP contribution in [0.5, 0.6) is 0 Å². The Hall–Kier alpha value is -1.28. The summed E-state index contributed by atoms with van der Waals surface area (Å²) in [5.41, 5.74) is 2.30. The molecule has 118 valence electrons. The summed E-state index contributed by atoms with van der Waals surface area (Å²) in [6.45, 7) is 6.61. The van der Waals surface area contributed by atoms with Crippen molar-refractivity contribution in [3.8, 4) is 0 Å². The third-order valence-electron chi connectivity index (χ3n) is 2.69. The van der Waals surface area contributed by atoms with Gasteiger partial charge in [0.1, 0.15) is 0 Å². The third kappa shape index (κ3) is 8.56. The largest absolute Gasteiger partial charge is 0.383 e. The lowest BCUT2D eigenvalue weighted by Crippen LogP contribution is -2.36. The molecule has 0 aliphatic carbocycles. The van der Waals surface area contributed by atoms with Crippen LogP contribution < -0.4 is 16.0 Å². The second-order valence-electron chi connectivity index (χ2n) is 4.21. The molecule has 3 N–H and O–H groups in total. The fraction of sp³-hybridized carbons (Fsp3) is 0.400. The van der Waals surface area contributed by atoms with E-state index in [1.54, 1.807) is 20.2 Å². The van der Waals surface area contributed by atoms with Crippen molar-refractivity contribution >= 4 is 35.6 Å². The molecule has 0 heterocycles. The van der Waals surface area contributed by atoms with Crippen molar-refractivity contribution in [2.75, 3.05) is 39.2 Å². The van der Waals surface area contributed by atoms with Crippen LogP contribution in [0, 0.1) is 0 Å². The summed E-state index contributed by atoms with van der Waals surface area (Å²) in [5.74, 6) is 0.771. The maximum absolute atomic E-state index is 5.00. The Balaban J connectivity index is 0.00000400. The molecule has 1 aromatic rings. The Labute approximate surface area is 144 Å². The van der Waals surface area contributed by atoms with Gasteiger partial charge in [0.2, 0.25) is 0 Å². The number of nitrogens with zero attached hydrogens (tertiary/aromatic N) is 1. The van der Waals surface area contributed by atoms with E-state index in [9.17, 15) is 0 Å². The molecule has 6 heteroatoms. The average Bonchev–Trinajstić information content (AvgIpc) is 2.49. The Bertz CT molecular complexity index is 420. The quantitative estimate of drug-likeness (QED) is 0.205. The summed E-state index contributed by atoms with van der Waals surface area (Å²) >= 11 is 0. The number of benzene rings is 1. The highest BCUT2D eigenvalue weighted by atomic mass is 127. The lowest BCUT2D eigenvalue weighted by Gasteiger charge is -2.11. The van der Waals surface area contributed by atoms with Gasteiger partial charge in [0.05, 0.1) is 6.61 Å². The van der Waals surface area contributed by atoms with Gasteiger partial charge in [-0.25, -0.2) is 0 Å². The highest BCUT2D eigenvalue weighted by Gasteiger charge is 1.97. The van der Waals surface area contributed by atoms with Gasteiger partial charge < -0.3 is 20.7 Å². The molecule has 0 unspecified atom stereocenters. The third-order valence-corrected chi connectivity index (χ3v) is 2.69. The van der Waals surface area contributed by atoms with Crippen molar-refractivity contribution < 1.29 is 4.74 Å². The summed E-state index contributed by atoms with van der Waals surface area (Å²) in [5, 5.41) is 9.66. The molecule has 5 nitrogen and oxygen atoms in total. The maximum atomic E-state index is 5.00. The molecule has 0 atom stereocenters. The zero-order chi connectivity index (χ0) is 14.6. The van der Waals surface area contributed by atoms with Gasteiger partial charge in [-0.05, 0) is 17.7 Å². The number of ether oxygens (including phenoxy) is 1. The predicted molar refractivity (Wildman–Crippen MR) is 101 cm³/mol. The average molecular weight is 404 g/mol. The van der Waals surface area contributed by atoms with Gasteiger partial charge in [0.15, 0.2) is 5.96 Å². The number of guanidine groups is 1. The molecule has 0 radical (unpaired) electrons. The lowest BCUT2D eigenvalue weighted by molar-refractivity contribution is 0.211. The maximum Gasteiger partial charge on any atom is 0.191 e. The molecule has 0 saturated carbocycles. The summed E-state index contributed by atoms with van der Waals surface area (Å²) in [6.07, 6.45) is 1.80. The Kier molecular flexibility index (Phi) is 11.7. The van der Waals surface area contributed by atoms with E-state index in [0.29, 0.717) is 13.2 Å². The molecular weight excluding hydrogens is 379 g/mol. The number of nitrogens with one attached hydrogen (secondary N) is 3. The van der Waals surface area contributed by atoms with Gasteiger partial charge >= 0.3 is 0 Å². The number of hydrogen-bond donors (Lipinski definition) is 3. The number of methoxy groups -OCH3 is 1. The van der Waals surface area contributed by atoms with Crippen LogP contribution >= 0.6 is 24.0 Å². The SMILES string of the molecule is C=CCNC(=NC)NCc1ccc(NCCOC)cc1.I. The first kappa shape index (κ1) is 19.7. The highest BCUT2D eigenvalue weighted by Crippen LogP contribution is 2.08. The number of rotatable bonds is 8.